The third-order valence-corrected chi connectivity index (χ3v) is 2.32. The molecule has 1 unspecified atom stereocenters. The van der Waals surface area contributed by atoms with Crippen molar-refractivity contribution in [3.63, 3.8) is 0 Å². The summed E-state index contributed by atoms with van der Waals surface area (Å²) in [6, 6.07) is 7.94. The molecule has 7 nitrogen and oxygen atoms in total. The van der Waals surface area contributed by atoms with Crippen molar-refractivity contribution in [1.82, 2.24) is 10.6 Å². The summed E-state index contributed by atoms with van der Waals surface area (Å²) in [7, 11) is 0. The molecule has 0 saturated heterocycles. The van der Waals surface area contributed by atoms with Gasteiger partial charge in [-0.2, -0.15) is 0 Å². The molecule has 1 atom stereocenters. The van der Waals surface area contributed by atoms with E-state index in [9.17, 15) is 14.4 Å². The van der Waals surface area contributed by atoms with Crippen molar-refractivity contribution in [1.29, 1.82) is 0 Å². The minimum Gasteiger partial charge on any atom is -0.368 e. The van der Waals surface area contributed by atoms with Gasteiger partial charge in [0.25, 0.3) is 0 Å². The normalized spacial score (nSPS) is 11.4. The fourth-order valence-electron chi connectivity index (χ4n) is 1.34. The van der Waals surface area contributed by atoms with E-state index in [-0.39, 0.29) is 13.1 Å². The first-order chi connectivity index (χ1) is 9.00. The van der Waals surface area contributed by atoms with Gasteiger partial charge in [0.2, 0.25) is 17.7 Å². The number of nitrogens with two attached hydrogens (primary N) is 2. The molecule has 1 rings (SSSR count). The number of nitrogens with one attached hydrogen (secondary N) is 2. The van der Waals surface area contributed by atoms with Crippen molar-refractivity contribution < 1.29 is 14.4 Å². The molecule has 102 valence electrons. The Morgan fingerprint density at radius 3 is 2.26 bits per heavy atom. The summed E-state index contributed by atoms with van der Waals surface area (Å²) in [4.78, 5) is 33.4. The predicted octanol–water partition coefficient (Wildman–Crippen LogP) is -1.60. The molecular formula is C12H16N4O3. The monoisotopic (exact) mass is 264 g/mol. The molecule has 0 fully saturated rings. The van der Waals surface area contributed by atoms with E-state index in [4.69, 9.17) is 11.5 Å². The molecule has 0 saturated carbocycles. The highest BCUT2D eigenvalue weighted by molar-refractivity contribution is 5.89. The number of primary amides is 1. The second kappa shape index (κ2) is 7.12. The molecule has 0 heterocycles. The molecule has 0 bridgehead atoms. The van der Waals surface area contributed by atoms with Crippen LogP contribution in [0.4, 0.5) is 0 Å². The maximum atomic E-state index is 11.7. The zero-order valence-corrected chi connectivity index (χ0v) is 10.3. The molecular weight excluding hydrogens is 248 g/mol. The van der Waals surface area contributed by atoms with Gasteiger partial charge in [-0.3, -0.25) is 14.4 Å². The lowest BCUT2D eigenvalue weighted by Gasteiger charge is -2.12. The van der Waals surface area contributed by atoms with Crippen LogP contribution in [0.1, 0.15) is 11.6 Å². The Balaban J connectivity index is 2.39. The predicted molar refractivity (Wildman–Crippen MR) is 68.6 cm³/mol. The van der Waals surface area contributed by atoms with Crippen LogP contribution in [-0.4, -0.2) is 30.8 Å². The van der Waals surface area contributed by atoms with Crippen molar-refractivity contribution in [2.45, 2.75) is 6.04 Å². The first-order valence-electron chi connectivity index (χ1n) is 5.64. The first kappa shape index (κ1) is 14.7. The van der Waals surface area contributed by atoms with Crippen LogP contribution < -0.4 is 22.1 Å². The summed E-state index contributed by atoms with van der Waals surface area (Å²) in [5, 5.41) is 4.62. The molecule has 19 heavy (non-hydrogen) atoms. The lowest BCUT2D eigenvalue weighted by Crippen LogP contribution is -2.43. The van der Waals surface area contributed by atoms with Crippen molar-refractivity contribution in [3.05, 3.63) is 35.9 Å². The number of hydrogen-bond acceptors (Lipinski definition) is 4. The Hall–Kier alpha value is -2.41. The van der Waals surface area contributed by atoms with Crippen molar-refractivity contribution in [3.8, 4) is 0 Å². The minimum absolute atomic E-state index is 0.257. The van der Waals surface area contributed by atoms with Gasteiger partial charge in [-0.15, -0.1) is 0 Å². The fourth-order valence-corrected chi connectivity index (χ4v) is 1.34. The number of hydrogen-bond donors (Lipinski definition) is 4. The summed E-state index contributed by atoms with van der Waals surface area (Å²) in [5.41, 5.74) is 11.2. The van der Waals surface area contributed by atoms with E-state index in [1.54, 1.807) is 24.3 Å². The van der Waals surface area contributed by atoms with Gasteiger partial charge >= 0.3 is 0 Å². The average Bonchev–Trinajstić information content (AvgIpc) is 2.42. The molecule has 3 amide bonds. The first-order valence-corrected chi connectivity index (χ1v) is 5.64. The van der Waals surface area contributed by atoms with Crippen LogP contribution in [0, 0.1) is 0 Å². The van der Waals surface area contributed by atoms with Crippen LogP contribution in [0.25, 0.3) is 0 Å². The SMILES string of the molecule is NC(=O)CNC(=O)CNC(=O)C(N)c1ccccc1. The summed E-state index contributed by atoms with van der Waals surface area (Å²) in [6.07, 6.45) is 0. The highest BCUT2D eigenvalue weighted by Crippen LogP contribution is 2.08. The van der Waals surface area contributed by atoms with E-state index < -0.39 is 23.8 Å². The van der Waals surface area contributed by atoms with Gasteiger partial charge in [-0.25, -0.2) is 0 Å². The third-order valence-electron chi connectivity index (χ3n) is 2.32. The van der Waals surface area contributed by atoms with E-state index in [0.717, 1.165) is 0 Å². The molecule has 6 N–H and O–H groups in total. The van der Waals surface area contributed by atoms with Crippen LogP contribution in [-0.2, 0) is 14.4 Å². The van der Waals surface area contributed by atoms with Crippen LogP contribution in [0.15, 0.2) is 30.3 Å². The molecule has 0 aliphatic carbocycles. The number of benzene rings is 1. The summed E-state index contributed by atoms with van der Waals surface area (Å²) in [6.45, 7) is -0.522. The van der Waals surface area contributed by atoms with Crippen LogP contribution in [0.3, 0.4) is 0 Å². The molecule has 0 aliphatic heterocycles. The lowest BCUT2D eigenvalue weighted by atomic mass is 10.1. The summed E-state index contributed by atoms with van der Waals surface area (Å²) < 4.78 is 0. The second-order valence-electron chi connectivity index (χ2n) is 3.85. The molecule has 0 aromatic heterocycles. The molecule has 0 radical (unpaired) electrons. The van der Waals surface area contributed by atoms with Gasteiger partial charge < -0.3 is 22.1 Å². The highest BCUT2D eigenvalue weighted by atomic mass is 16.2. The lowest BCUT2D eigenvalue weighted by molar-refractivity contribution is -0.127. The van der Waals surface area contributed by atoms with E-state index in [1.165, 1.54) is 0 Å². The zero-order valence-electron chi connectivity index (χ0n) is 10.3. The number of amides is 3. The highest BCUT2D eigenvalue weighted by Gasteiger charge is 2.15. The number of carbonyl (C=O) groups excluding carboxylic acids is 3. The average molecular weight is 264 g/mol. The molecule has 0 spiro atoms. The Bertz CT molecular complexity index is 461. The van der Waals surface area contributed by atoms with Gasteiger partial charge in [0.1, 0.15) is 6.04 Å². The van der Waals surface area contributed by atoms with Crippen LogP contribution in [0.5, 0.6) is 0 Å². The van der Waals surface area contributed by atoms with Gasteiger partial charge in [0.05, 0.1) is 13.1 Å². The van der Waals surface area contributed by atoms with E-state index in [2.05, 4.69) is 10.6 Å². The van der Waals surface area contributed by atoms with Crippen LogP contribution in [0.2, 0.25) is 0 Å². The standard InChI is InChI=1S/C12H16N4O3/c13-9(17)6-15-10(18)7-16-12(19)11(14)8-4-2-1-3-5-8/h1-5,11H,6-7,14H2,(H2,13,17)(H,15,18)(H,16,19). The molecule has 1 aromatic rings. The number of rotatable bonds is 6. The smallest absolute Gasteiger partial charge is 0.241 e. The molecule has 7 heteroatoms. The Kier molecular flexibility index (Phi) is 5.49. The maximum Gasteiger partial charge on any atom is 0.241 e. The minimum atomic E-state index is -0.842. The topological polar surface area (TPSA) is 127 Å². The zero-order chi connectivity index (χ0) is 14.3. The van der Waals surface area contributed by atoms with Gasteiger partial charge in [-0.05, 0) is 5.56 Å². The largest absolute Gasteiger partial charge is 0.368 e. The van der Waals surface area contributed by atoms with Gasteiger partial charge in [0.15, 0.2) is 0 Å². The van der Waals surface area contributed by atoms with Crippen molar-refractivity contribution in [2.24, 2.45) is 11.5 Å². The van der Waals surface area contributed by atoms with Crippen LogP contribution >= 0.6 is 0 Å². The molecule has 0 aliphatic rings. The Labute approximate surface area is 110 Å². The van der Waals surface area contributed by atoms with E-state index in [0.29, 0.717) is 5.56 Å². The van der Waals surface area contributed by atoms with E-state index in [1.807, 2.05) is 6.07 Å². The quantitative estimate of drug-likeness (QED) is 0.493. The van der Waals surface area contributed by atoms with E-state index >= 15 is 0 Å². The second-order valence-corrected chi connectivity index (χ2v) is 3.85. The Morgan fingerprint density at radius 2 is 1.68 bits per heavy atom. The summed E-state index contributed by atoms with van der Waals surface area (Å²) >= 11 is 0. The van der Waals surface area contributed by atoms with Gasteiger partial charge in [-0.1, -0.05) is 30.3 Å². The van der Waals surface area contributed by atoms with Crippen molar-refractivity contribution in [2.75, 3.05) is 13.1 Å². The van der Waals surface area contributed by atoms with Crippen molar-refractivity contribution >= 4 is 17.7 Å². The third kappa shape index (κ3) is 5.17. The van der Waals surface area contributed by atoms with Gasteiger partial charge in [0, 0.05) is 0 Å². The summed E-state index contributed by atoms with van der Waals surface area (Å²) in [5.74, 6) is -1.63. The maximum absolute atomic E-state index is 11.7. The molecule has 1 aromatic carbocycles. The Morgan fingerprint density at radius 1 is 1.05 bits per heavy atom. The number of carbonyl (C=O) groups is 3. The fraction of sp³-hybridized carbons (Fsp3) is 0.250.